The van der Waals surface area contributed by atoms with Crippen LogP contribution in [0.5, 0.6) is 0 Å². The van der Waals surface area contributed by atoms with Crippen LogP contribution in [0.15, 0.2) is 48.5 Å². The van der Waals surface area contributed by atoms with Gasteiger partial charge in [-0.2, -0.15) is 0 Å². The number of nitrogens with one attached hydrogen (secondary N) is 1. The van der Waals surface area contributed by atoms with Crippen LogP contribution in [0.4, 0.5) is 0 Å². The zero-order chi connectivity index (χ0) is 17.0. The van der Waals surface area contributed by atoms with Crippen LogP contribution >= 0.6 is 0 Å². The van der Waals surface area contributed by atoms with Gasteiger partial charge in [0.2, 0.25) is 5.91 Å². The van der Waals surface area contributed by atoms with Gasteiger partial charge in [-0.25, -0.2) is 0 Å². The SMILES string of the molecule is C[C@@H](NC(=O)C1c2ccccc2-c2ccccc21)[C@H]1C[C@H]2CC[C@H]1C2. The normalized spacial score (nSPS) is 27.8. The summed E-state index contributed by atoms with van der Waals surface area (Å²) >= 11 is 0. The lowest BCUT2D eigenvalue weighted by Crippen LogP contribution is -2.42. The van der Waals surface area contributed by atoms with Crippen LogP contribution in [-0.2, 0) is 4.79 Å². The molecule has 128 valence electrons. The fourth-order valence-electron chi connectivity index (χ4n) is 5.76. The Morgan fingerprint density at radius 1 is 0.960 bits per heavy atom. The number of benzene rings is 2. The van der Waals surface area contributed by atoms with E-state index in [1.807, 2.05) is 12.1 Å². The van der Waals surface area contributed by atoms with E-state index in [1.165, 1.54) is 36.8 Å². The highest BCUT2D eigenvalue weighted by molar-refractivity contribution is 5.96. The van der Waals surface area contributed by atoms with Gasteiger partial charge in [0.1, 0.15) is 0 Å². The first-order chi connectivity index (χ1) is 12.2. The molecule has 3 aliphatic rings. The summed E-state index contributed by atoms with van der Waals surface area (Å²) < 4.78 is 0. The first kappa shape index (κ1) is 15.2. The number of hydrogen-bond acceptors (Lipinski definition) is 1. The lowest BCUT2D eigenvalue weighted by molar-refractivity contribution is -0.122. The number of carbonyl (C=O) groups is 1. The summed E-state index contributed by atoms with van der Waals surface area (Å²) in [5.74, 6) is 2.45. The van der Waals surface area contributed by atoms with Gasteiger partial charge in [-0.05, 0) is 66.2 Å². The standard InChI is InChI=1S/C23H25NO/c1-14(21-13-15-10-11-16(21)12-15)24-23(25)22-19-8-4-2-6-17(19)18-7-3-5-9-20(18)22/h2-9,14-16,21-22H,10-13H2,1H3,(H,24,25)/t14-,15+,16+,21-/m1/s1. The molecule has 25 heavy (non-hydrogen) atoms. The topological polar surface area (TPSA) is 29.1 Å². The Balaban J connectivity index is 1.42. The molecule has 2 fully saturated rings. The fraction of sp³-hybridized carbons (Fsp3) is 0.435. The smallest absolute Gasteiger partial charge is 0.232 e. The van der Waals surface area contributed by atoms with Crippen LogP contribution in [0.25, 0.3) is 11.1 Å². The van der Waals surface area contributed by atoms with Crippen molar-refractivity contribution in [2.75, 3.05) is 0 Å². The fourth-order valence-corrected chi connectivity index (χ4v) is 5.76. The van der Waals surface area contributed by atoms with Crippen LogP contribution in [0.2, 0.25) is 0 Å². The zero-order valence-corrected chi connectivity index (χ0v) is 14.7. The minimum absolute atomic E-state index is 0.159. The molecule has 3 aliphatic carbocycles. The van der Waals surface area contributed by atoms with E-state index >= 15 is 0 Å². The summed E-state index contributed by atoms with van der Waals surface area (Å²) in [7, 11) is 0. The molecule has 1 N–H and O–H groups in total. The average molecular weight is 331 g/mol. The van der Waals surface area contributed by atoms with Crippen molar-refractivity contribution in [2.24, 2.45) is 17.8 Å². The third-order valence-corrected chi connectivity index (χ3v) is 6.90. The van der Waals surface area contributed by atoms with E-state index in [1.54, 1.807) is 0 Å². The molecular weight excluding hydrogens is 306 g/mol. The predicted octanol–water partition coefficient (Wildman–Crippen LogP) is 4.74. The molecule has 1 amide bonds. The van der Waals surface area contributed by atoms with Gasteiger partial charge in [0, 0.05) is 6.04 Å². The summed E-state index contributed by atoms with van der Waals surface area (Å²) in [5, 5.41) is 3.39. The molecule has 2 bridgehead atoms. The van der Waals surface area contributed by atoms with Crippen molar-refractivity contribution in [3.05, 3.63) is 59.7 Å². The molecule has 0 unspecified atom stereocenters. The summed E-state index contributed by atoms with van der Waals surface area (Å²) in [6, 6.07) is 17.0. The van der Waals surface area contributed by atoms with Gasteiger partial charge in [-0.1, -0.05) is 55.0 Å². The van der Waals surface area contributed by atoms with Crippen molar-refractivity contribution < 1.29 is 4.79 Å². The first-order valence-corrected chi connectivity index (χ1v) is 9.71. The number of fused-ring (bicyclic) bond motifs is 5. The molecule has 2 nitrogen and oxygen atoms in total. The van der Waals surface area contributed by atoms with E-state index in [4.69, 9.17) is 0 Å². The maximum Gasteiger partial charge on any atom is 0.232 e. The lowest BCUT2D eigenvalue weighted by Gasteiger charge is -2.29. The molecule has 0 spiro atoms. The summed E-state index contributed by atoms with van der Waals surface area (Å²) in [5.41, 5.74) is 4.74. The van der Waals surface area contributed by atoms with Gasteiger partial charge >= 0.3 is 0 Å². The Morgan fingerprint density at radius 3 is 2.16 bits per heavy atom. The molecule has 0 radical (unpaired) electrons. The molecule has 2 heteroatoms. The van der Waals surface area contributed by atoms with E-state index < -0.39 is 0 Å². The van der Waals surface area contributed by atoms with Crippen molar-refractivity contribution in [3.8, 4) is 11.1 Å². The van der Waals surface area contributed by atoms with Gasteiger partial charge in [-0.3, -0.25) is 4.79 Å². The quantitative estimate of drug-likeness (QED) is 0.865. The largest absolute Gasteiger partial charge is 0.353 e. The summed E-state index contributed by atoms with van der Waals surface area (Å²) in [6.07, 6.45) is 5.47. The molecule has 5 rings (SSSR count). The minimum atomic E-state index is -0.159. The monoisotopic (exact) mass is 331 g/mol. The van der Waals surface area contributed by atoms with Gasteiger partial charge in [0.05, 0.1) is 5.92 Å². The van der Waals surface area contributed by atoms with Gasteiger partial charge in [-0.15, -0.1) is 0 Å². The second-order valence-electron chi connectivity index (χ2n) is 8.24. The Kier molecular flexibility index (Phi) is 3.48. The van der Waals surface area contributed by atoms with Gasteiger partial charge in [0.15, 0.2) is 0 Å². The number of amides is 1. The Bertz CT molecular complexity index is 781. The molecular formula is C23H25NO. The molecule has 0 aromatic heterocycles. The highest BCUT2D eigenvalue weighted by Crippen LogP contribution is 2.50. The van der Waals surface area contributed by atoms with Gasteiger partial charge in [0.25, 0.3) is 0 Å². The second kappa shape index (κ2) is 5.72. The molecule has 0 saturated heterocycles. The molecule has 2 aromatic rings. The number of rotatable bonds is 3. The zero-order valence-electron chi connectivity index (χ0n) is 14.7. The maximum atomic E-state index is 13.2. The Labute approximate surface area is 149 Å². The van der Waals surface area contributed by atoms with Crippen LogP contribution in [0.3, 0.4) is 0 Å². The third kappa shape index (κ3) is 2.34. The number of carbonyl (C=O) groups excluding carboxylic acids is 1. The first-order valence-electron chi connectivity index (χ1n) is 9.71. The van der Waals surface area contributed by atoms with Crippen molar-refractivity contribution in [3.63, 3.8) is 0 Å². The van der Waals surface area contributed by atoms with Crippen molar-refractivity contribution in [1.82, 2.24) is 5.32 Å². The average Bonchev–Trinajstić information content (AvgIpc) is 3.34. The van der Waals surface area contributed by atoms with E-state index in [9.17, 15) is 4.79 Å². The molecule has 2 aromatic carbocycles. The van der Waals surface area contributed by atoms with Crippen LogP contribution in [0.1, 0.15) is 49.7 Å². The minimum Gasteiger partial charge on any atom is -0.353 e. The highest BCUT2D eigenvalue weighted by atomic mass is 16.2. The molecule has 0 aliphatic heterocycles. The van der Waals surface area contributed by atoms with Crippen molar-refractivity contribution >= 4 is 5.91 Å². The van der Waals surface area contributed by atoms with E-state index in [2.05, 4.69) is 48.6 Å². The van der Waals surface area contributed by atoms with E-state index in [-0.39, 0.29) is 17.9 Å². The molecule has 4 atom stereocenters. The van der Waals surface area contributed by atoms with E-state index in [0.717, 1.165) is 23.0 Å². The maximum absolute atomic E-state index is 13.2. The van der Waals surface area contributed by atoms with Crippen LogP contribution in [-0.4, -0.2) is 11.9 Å². The molecule has 0 heterocycles. The third-order valence-electron chi connectivity index (χ3n) is 6.90. The predicted molar refractivity (Wildman–Crippen MR) is 100 cm³/mol. The summed E-state index contributed by atoms with van der Waals surface area (Å²) in [4.78, 5) is 13.2. The van der Waals surface area contributed by atoms with Crippen molar-refractivity contribution in [2.45, 2.75) is 44.6 Å². The van der Waals surface area contributed by atoms with Crippen LogP contribution < -0.4 is 5.32 Å². The lowest BCUT2D eigenvalue weighted by atomic mass is 9.83. The Hall–Kier alpha value is -2.09. The van der Waals surface area contributed by atoms with Crippen LogP contribution in [0, 0.1) is 17.8 Å². The van der Waals surface area contributed by atoms with E-state index in [0.29, 0.717) is 5.92 Å². The number of hydrogen-bond donors (Lipinski definition) is 1. The van der Waals surface area contributed by atoms with Crippen molar-refractivity contribution in [1.29, 1.82) is 0 Å². The van der Waals surface area contributed by atoms with Gasteiger partial charge < -0.3 is 5.32 Å². The Morgan fingerprint density at radius 2 is 1.60 bits per heavy atom. The molecule has 2 saturated carbocycles. The highest BCUT2D eigenvalue weighted by Gasteiger charge is 2.43. The summed E-state index contributed by atoms with van der Waals surface area (Å²) in [6.45, 7) is 2.22. The second-order valence-corrected chi connectivity index (χ2v) is 8.24.